The summed E-state index contributed by atoms with van der Waals surface area (Å²) < 4.78 is 29.3. The summed E-state index contributed by atoms with van der Waals surface area (Å²) in [4.78, 5) is 16.0. The molecule has 3 rings (SSSR count). The lowest BCUT2D eigenvalue weighted by Crippen LogP contribution is -2.27. The summed E-state index contributed by atoms with van der Waals surface area (Å²) in [7, 11) is 0. The zero-order valence-electron chi connectivity index (χ0n) is 12.4. The standard InChI is InChI=1S/C19H12BrF2NO/c20-17-8-4-7-16(23-17)18(24)19(21,22)15-11-9-14(10-12-15)13-5-2-1-3-6-13/h1-12H. The van der Waals surface area contributed by atoms with E-state index in [9.17, 15) is 13.6 Å². The van der Waals surface area contributed by atoms with Crippen molar-refractivity contribution in [3.05, 3.63) is 88.7 Å². The number of nitrogens with zero attached hydrogens (tertiary/aromatic N) is 1. The summed E-state index contributed by atoms with van der Waals surface area (Å²) in [5.74, 6) is -4.96. The molecule has 2 aromatic carbocycles. The van der Waals surface area contributed by atoms with Crippen LogP contribution in [0.4, 0.5) is 8.78 Å². The Bertz CT molecular complexity index is 864. The number of pyridine rings is 1. The SMILES string of the molecule is O=C(c1cccc(Br)n1)C(F)(F)c1ccc(-c2ccccc2)cc1. The lowest BCUT2D eigenvalue weighted by molar-refractivity contribution is 0.00692. The highest BCUT2D eigenvalue weighted by molar-refractivity contribution is 9.10. The molecule has 0 fully saturated rings. The lowest BCUT2D eigenvalue weighted by atomic mass is 9.98. The maximum absolute atomic E-state index is 14.5. The van der Waals surface area contributed by atoms with E-state index < -0.39 is 11.7 Å². The number of Topliss-reactive ketones (excluding diaryl/α,β-unsaturated/α-hetero) is 1. The second-order valence-electron chi connectivity index (χ2n) is 5.19. The number of carbonyl (C=O) groups excluding carboxylic acids is 1. The van der Waals surface area contributed by atoms with E-state index in [0.29, 0.717) is 4.60 Å². The number of rotatable bonds is 4. The van der Waals surface area contributed by atoms with Gasteiger partial charge in [-0.2, -0.15) is 8.78 Å². The third-order valence-corrected chi connectivity index (χ3v) is 4.03. The van der Waals surface area contributed by atoms with E-state index in [0.717, 1.165) is 11.1 Å². The zero-order chi connectivity index (χ0) is 17.2. The highest BCUT2D eigenvalue weighted by Crippen LogP contribution is 2.33. The van der Waals surface area contributed by atoms with Crippen LogP contribution in [0.1, 0.15) is 16.1 Å². The van der Waals surface area contributed by atoms with Gasteiger partial charge in [0.1, 0.15) is 10.3 Å². The summed E-state index contributed by atoms with van der Waals surface area (Å²) in [5.41, 5.74) is 1.10. The van der Waals surface area contributed by atoms with Crippen LogP contribution >= 0.6 is 15.9 Å². The molecule has 0 aliphatic carbocycles. The molecule has 24 heavy (non-hydrogen) atoms. The number of carbonyl (C=O) groups is 1. The quantitative estimate of drug-likeness (QED) is 0.437. The smallest absolute Gasteiger partial charge is 0.285 e. The maximum Gasteiger partial charge on any atom is 0.336 e. The molecule has 0 saturated carbocycles. The van der Waals surface area contributed by atoms with Crippen LogP contribution in [-0.4, -0.2) is 10.8 Å². The predicted octanol–water partition coefficient (Wildman–Crippen LogP) is 5.49. The molecule has 0 saturated heterocycles. The fourth-order valence-corrected chi connectivity index (χ4v) is 2.67. The summed E-state index contributed by atoms with van der Waals surface area (Å²) in [5, 5.41) is 0. The van der Waals surface area contributed by atoms with Gasteiger partial charge in [-0.1, -0.05) is 60.7 Å². The normalized spacial score (nSPS) is 11.3. The van der Waals surface area contributed by atoms with Crippen molar-refractivity contribution in [1.82, 2.24) is 4.98 Å². The van der Waals surface area contributed by atoms with E-state index in [4.69, 9.17) is 0 Å². The Morgan fingerprint density at radius 2 is 1.46 bits per heavy atom. The summed E-state index contributed by atoms with van der Waals surface area (Å²) in [6.45, 7) is 0. The molecule has 0 aliphatic rings. The molecule has 1 aromatic heterocycles. The molecule has 0 N–H and O–H groups in total. The fourth-order valence-electron chi connectivity index (χ4n) is 2.33. The van der Waals surface area contributed by atoms with Gasteiger partial charge in [0.25, 0.3) is 5.78 Å². The van der Waals surface area contributed by atoms with E-state index in [1.807, 2.05) is 30.3 Å². The molecule has 0 aliphatic heterocycles. The van der Waals surface area contributed by atoms with Crippen LogP contribution in [0, 0.1) is 0 Å². The molecular formula is C19H12BrF2NO. The first kappa shape index (κ1) is 16.5. The van der Waals surface area contributed by atoms with Crippen LogP contribution in [0.2, 0.25) is 0 Å². The van der Waals surface area contributed by atoms with Crippen LogP contribution in [0.25, 0.3) is 11.1 Å². The fraction of sp³-hybridized carbons (Fsp3) is 0.0526. The minimum absolute atomic E-state index is 0.276. The highest BCUT2D eigenvalue weighted by Gasteiger charge is 2.42. The van der Waals surface area contributed by atoms with Crippen molar-refractivity contribution < 1.29 is 13.6 Å². The molecule has 0 amide bonds. The van der Waals surface area contributed by atoms with Gasteiger partial charge in [-0.25, -0.2) is 4.98 Å². The molecule has 2 nitrogen and oxygen atoms in total. The Hall–Kier alpha value is -2.40. The average molecular weight is 388 g/mol. The number of alkyl halides is 2. The first-order valence-electron chi connectivity index (χ1n) is 7.19. The Morgan fingerprint density at radius 3 is 2.08 bits per heavy atom. The minimum atomic E-state index is -3.64. The Morgan fingerprint density at radius 1 is 0.833 bits per heavy atom. The molecule has 1 heterocycles. The van der Waals surface area contributed by atoms with Crippen LogP contribution in [-0.2, 0) is 5.92 Å². The van der Waals surface area contributed by atoms with Gasteiger partial charge in [-0.05, 0) is 39.2 Å². The summed E-state index contributed by atoms with van der Waals surface area (Å²) in [6.07, 6.45) is 0. The Labute approximate surface area is 146 Å². The number of halogens is 3. The number of ketones is 1. The molecule has 0 unspecified atom stereocenters. The molecule has 0 bridgehead atoms. The minimum Gasteiger partial charge on any atom is -0.285 e. The van der Waals surface area contributed by atoms with E-state index in [1.165, 1.54) is 24.3 Å². The summed E-state index contributed by atoms with van der Waals surface area (Å²) in [6, 6.07) is 19.5. The molecule has 0 atom stereocenters. The predicted molar refractivity (Wildman–Crippen MR) is 92.0 cm³/mol. The van der Waals surface area contributed by atoms with Crippen LogP contribution in [0.15, 0.2) is 77.4 Å². The van der Waals surface area contributed by atoms with Gasteiger partial charge in [0, 0.05) is 5.56 Å². The van der Waals surface area contributed by atoms with Crippen LogP contribution in [0.3, 0.4) is 0 Å². The monoisotopic (exact) mass is 387 g/mol. The van der Waals surface area contributed by atoms with Gasteiger partial charge in [0.05, 0.1) is 0 Å². The molecule has 3 aromatic rings. The van der Waals surface area contributed by atoms with Crippen molar-refractivity contribution in [2.75, 3.05) is 0 Å². The molecule has 5 heteroatoms. The topological polar surface area (TPSA) is 30.0 Å². The van der Waals surface area contributed by atoms with Crippen LogP contribution < -0.4 is 0 Å². The number of hydrogen-bond donors (Lipinski definition) is 0. The number of aromatic nitrogens is 1. The summed E-state index contributed by atoms with van der Waals surface area (Å²) >= 11 is 3.08. The number of benzene rings is 2. The van der Waals surface area contributed by atoms with Crippen molar-refractivity contribution in [3.8, 4) is 11.1 Å². The van der Waals surface area contributed by atoms with Crippen molar-refractivity contribution in [2.24, 2.45) is 0 Å². The van der Waals surface area contributed by atoms with E-state index in [2.05, 4.69) is 20.9 Å². The second-order valence-corrected chi connectivity index (χ2v) is 6.00. The second kappa shape index (κ2) is 6.61. The Kier molecular flexibility index (Phi) is 4.53. The third-order valence-electron chi connectivity index (χ3n) is 3.59. The highest BCUT2D eigenvalue weighted by atomic mass is 79.9. The largest absolute Gasteiger partial charge is 0.336 e. The van der Waals surface area contributed by atoms with E-state index in [1.54, 1.807) is 18.2 Å². The molecule has 0 spiro atoms. The van der Waals surface area contributed by atoms with Gasteiger partial charge < -0.3 is 0 Å². The van der Waals surface area contributed by atoms with E-state index >= 15 is 0 Å². The Balaban J connectivity index is 1.91. The van der Waals surface area contributed by atoms with Crippen molar-refractivity contribution >= 4 is 21.7 Å². The van der Waals surface area contributed by atoms with E-state index in [-0.39, 0.29) is 11.3 Å². The molecule has 0 radical (unpaired) electrons. The van der Waals surface area contributed by atoms with Crippen molar-refractivity contribution in [1.29, 1.82) is 0 Å². The average Bonchev–Trinajstić information content (AvgIpc) is 2.62. The van der Waals surface area contributed by atoms with Gasteiger partial charge in [-0.3, -0.25) is 4.79 Å². The van der Waals surface area contributed by atoms with Crippen molar-refractivity contribution in [3.63, 3.8) is 0 Å². The maximum atomic E-state index is 14.5. The first-order chi connectivity index (χ1) is 11.5. The lowest BCUT2D eigenvalue weighted by Gasteiger charge is -2.15. The van der Waals surface area contributed by atoms with Crippen molar-refractivity contribution in [2.45, 2.75) is 5.92 Å². The first-order valence-corrected chi connectivity index (χ1v) is 7.99. The van der Waals surface area contributed by atoms with Gasteiger partial charge in [-0.15, -0.1) is 0 Å². The molecule has 120 valence electrons. The van der Waals surface area contributed by atoms with Gasteiger partial charge in [0.15, 0.2) is 0 Å². The molecular weight excluding hydrogens is 376 g/mol. The zero-order valence-corrected chi connectivity index (χ0v) is 14.0. The number of hydrogen-bond acceptors (Lipinski definition) is 2. The third kappa shape index (κ3) is 3.26. The van der Waals surface area contributed by atoms with Crippen LogP contribution in [0.5, 0.6) is 0 Å². The van der Waals surface area contributed by atoms with Gasteiger partial charge >= 0.3 is 5.92 Å². The van der Waals surface area contributed by atoms with Gasteiger partial charge in [0.2, 0.25) is 0 Å².